The largest absolute Gasteiger partial charge is 0.507 e. The predicted molar refractivity (Wildman–Crippen MR) is 102 cm³/mol. The number of carbonyl (C=O) groups is 1. The van der Waals surface area contributed by atoms with Crippen LogP contribution >= 0.6 is 0 Å². The number of carbonyl (C=O) groups excluding carboxylic acids is 1. The smallest absolute Gasteiger partial charge is 0.155 e. The van der Waals surface area contributed by atoms with Gasteiger partial charge in [-0.1, -0.05) is 45.9 Å². The quantitative estimate of drug-likeness (QED) is 0.536. The summed E-state index contributed by atoms with van der Waals surface area (Å²) in [6.45, 7) is 9.76. The van der Waals surface area contributed by atoms with Crippen LogP contribution in [0.1, 0.15) is 57.6 Å². The van der Waals surface area contributed by atoms with Crippen LogP contribution in [-0.2, 0) is 4.79 Å². The normalized spacial score (nSPS) is 11.5. The van der Waals surface area contributed by atoms with Crippen LogP contribution in [0.2, 0.25) is 0 Å². The second-order valence-corrected chi connectivity index (χ2v) is 6.84. The summed E-state index contributed by atoms with van der Waals surface area (Å²) in [6, 6.07) is 11.7. The molecule has 2 aromatic carbocycles. The number of phenols is 1. The van der Waals surface area contributed by atoms with Gasteiger partial charge >= 0.3 is 0 Å². The van der Waals surface area contributed by atoms with Gasteiger partial charge in [-0.05, 0) is 53.6 Å². The minimum absolute atomic E-state index is 0.0636. The fourth-order valence-electron chi connectivity index (χ4n) is 2.73. The number of allylic oxidation sites excluding steroid dienone is 1. The highest BCUT2D eigenvalue weighted by Gasteiger charge is 2.17. The van der Waals surface area contributed by atoms with Crippen LogP contribution in [0.25, 0.3) is 11.1 Å². The molecule has 25 heavy (non-hydrogen) atoms. The minimum Gasteiger partial charge on any atom is -0.507 e. The molecule has 0 saturated heterocycles. The number of hydrogen-bond donors (Lipinski definition) is 1. The molecule has 0 bridgehead atoms. The zero-order chi connectivity index (χ0) is 18.6. The summed E-state index contributed by atoms with van der Waals surface area (Å²) in [5.74, 6) is 1.41. The van der Waals surface area contributed by atoms with Crippen molar-refractivity contribution in [1.82, 2.24) is 0 Å². The van der Waals surface area contributed by atoms with Crippen LogP contribution in [0.3, 0.4) is 0 Å². The molecule has 0 saturated carbocycles. The molecule has 2 aromatic rings. The zero-order valence-electron chi connectivity index (χ0n) is 15.5. The Hall–Kier alpha value is -2.55. The molecule has 0 aliphatic heterocycles. The van der Waals surface area contributed by atoms with Crippen molar-refractivity contribution in [3.63, 3.8) is 0 Å². The highest BCUT2D eigenvalue weighted by atomic mass is 16.5. The molecular formula is C22H26O3. The van der Waals surface area contributed by atoms with E-state index in [1.54, 1.807) is 0 Å². The van der Waals surface area contributed by atoms with Crippen molar-refractivity contribution in [3.05, 3.63) is 59.9 Å². The number of para-hydroxylation sites is 1. The fourth-order valence-corrected chi connectivity index (χ4v) is 2.73. The third-order valence-corrected chi connectivity index (χ3v) is 4.11. The zero-order valence-corrected chi connectivity index (χ0v) is 15.5. The number of rotatable bonds is 6. The maximum absolute atomic E-state index is 11.1. The van der Waals surface area contributed by atoms with Gasteiger partial charge in [0.1, 0.15) is 11.5 Å². The maximum atomic E-state index is 11.1. The molecule has 0 aliphatic carbocycles. The van der Waals surface area contributed by atoms with Gasteiger partial charge < -0.3 is 9.84 Å². The molecule has 0 unspecified atom stereocenters. The molecule has 0 atom stereocenters. The molecule has 0 aromatic heterocycles. The molecule has 0 fully saturated rings. The average Bonchev–Trinajstić information content (AvgIpc) is 2.54. The molecule has 132 valence electrons. The first-order chi connectivity index (χ1) is 11.8. The van der Waals surface area contributed by atoms with E-state index in [1.165, 1.54) is 19.3 Å². The fraction of sp³-hybridized carbons (Fsp3) is 0.318. The van der Waals surface area contributed by atoms with Gasteiger partial charge in [0.05, 0.1) is 6.26 Å². The molecule has 0 spiro atoms. The third-order valence-electron chi connectivity index (χ3n) is 4.11. The summed E-state index contributed by atoms with van der Waals surface area (Å²) in [6.07, 6.45) is 2.81. The van der Waals surface area contributed by atoms with E-state index in [4.69, 9.17) is 4.74 Å². The van der Waals surface area contributed by atoms with Gasteiger partial charge in [0, 0.05) is 11.6 Å². The highest BCUT2D eigenvalue weighted by molar-refractivity contribution is 5.87. The summed E-state index contributed by atoms with van der Waals surface area (Å²) < 4.78 is 5.67. The summed E-state index contributed by atoms with van der Waals surface area (Å²) in [4.78, 5) is 11.1. The van der Waals surface area contributed by atoms with Crippen molar-refractivity contribution >= 4 is 5.78 Å². The van der Waals surface area contributed by atoms with E-state index in [0.717, 1.165) is 22.3 Å². The van der Waals surface area contributed by atoms with E-state index >= 15 is 0 Å². The van der Waals surface area contributed by atoms with E-state index in [1.807, 2.05) is 36.4 Å². The standard InChI is InChI=1S/C22H26O3/c1-14(2)19-12-17(13-20(15(3)4)22(19)24)18-8-6-7-9-21(18)25-11-10-16(5)23/h6-15,24H,1-5H3. The van der Waals surface area contributed by atoms with Gasteiger partial charge in [0.25, 0.3) is 0 Å². The summed E-state index contributed by atoms with van der Waals surface area (Å²) >= 11 is 0. The minimum atomic E-state index is -0.0636. The van der Waals surface area contributed by atoms with Crippen LogP contribution in [-0.4, -0.2) is 10.9 Å². The third kappa shape index (κ3) is 4.50. The van der Waals surface area contributed by atoms with Crippen LogP contribution in [0.15, 0.2) is 48.7 Å². The molecule has 0 amide bonds. The first kappa shape index (κ1) is 18.8. The van der Waals surface area contributed by atoms with Gasteiger partial charge in [-0.25, -0.2) is 0 Å². The van der Waals surface area contributed by atoms with Crippen LogP contribution in [0.4, 0.5) is 0 Å². The number of benzene rings is 2. The monoisotopic (exact) mass is 338 g/mol. The Bertz CT molecular complexity index is 757. The van der Waals surface area contributed by atoms with Gasteiger partial charge in [0.2, 0.25) is 0 Å². The van der Waals surface area contributed by atoms with Gasteiger partial charge in [-0.2, -0.15) is 0 Å². The van der Waals surface area contributed by atoms with E-state index in [2.05, 4.69) is 27.7 Å². The lowest BCUT2D eigenvalue weighted by molar-refractivity contribution is -0.112. The molecule has 3 nitrogen and oxygen atoms in total. The number of aromatic hydroxyl groups is 1. The Labute approximate surface area is 150 Å². The SMILES string of the molecule is CC(=O)C=COc1ccccc1-c1cc(C(C)C)c(O)c(C(C)C)c1. The predicted octanol–water partition coefficient (Wildman–Crippen LogP) is 5.79. The number of ether oxygens (including phenoxy) is 1. The maximum Gasteiger partial charge on any atom is 0.155 e. The molecule has 0 aliphatic rings. The van der Waals surface area contributed by atoms with Crippen molar-refractivity contribution < 1.29 is 14.6 Å². The van der Waals surface area contributed by atoms with Gasteiger partial charge in [0.15, 0.2) is 5.78 Å². The summed E-state index contributed by atoms with van der Waals surface area (Å²) in [5, 5.41) is 10.6. The van der Waals surface area contributed by atoms with Crippen molar-refractivity contribution in [2.75, 3.05) is 0 Å². The van der Waals surface area contributed by atoms with E-state index in [0.29, 0.717) is 11.5 Å². The van der Waals surface area contributed by atoms with Crippen molar-refractivity contribution in [1.29, 1.82) is 0 Å². The molecule has 0 heterocycles. The Morgan fingerprint density at radius 2 is 1.60 bits per heavy atom. The lowest BCUT2D eigenvalue weighted by Crippen LogP contribution is -1.98. The van der Waals surface area contributed by atoms with Gasteiger partial charge in [-0.3, -0.25) is 4.79 Å². The van der Waals surface area contributed by atoms with E-state index in [-0.39, 0.29) is 17.6 Å². The Kier molecular flexibility index (Phi) is 6.02. The first-order valence-electron chi connectivity index (χ1n) is 8.61. The molecule has 3 heteroatoms. The number of hydrogen-bond acceptors (Lipinski definition) is 3. The van der Waals surface area contributed by atoms with E-state index < -0.39 is 0 Å². The van der Waals surface area contributed by atoms with Crippen LogP contribution in [0.5, 0.6) is 11.5 Å². The number of ketones is 1. The molecular weight excluding hydrogens is 312 g/mol. The second kappa shape index (κ2) is 8.02. The molecule has 2 rings (SSSR count). The average molecular weight is 338 g/mol. The topological polar surface area (TPSA) is 46.5 Å². The lowest BCUT2D eigenvalue weighted by atomic mass is 9.89. The molecule has 0 radical (unpaired) electrons. The van der Waals surface area contributed by atoms with Crippen molar-refractivity contribution in [2.24, 2.45) is 0 Å². The van der Waals surface area contributed by atoms with Gasteiger partial charge in [-0.15, -0.1) is 0 Å². The second-order valence-electron chi connectivity index (χ2n) is 6.84. The van der Waals surface area contributed by atoms with Crippen molar-refractivity contribution in [2.45, 2.75) is 46.5 Å². The van der Waals surface area contributed by atoms with Crippen LogP contribution in [0, 0.1) is 0 Å². The van der Waals surface area contributed by atoms with E-state index in [9.17, 15) is 9.90 Å². The Balaban J connectivity index is 2.57. The summed E-state index contributed by atoms with van der Waals surface area (Å²) in [5.41, 5.74) is 3.78. The first-order valence-corrected chi connectivity index (χ1v) is 8.61. The lowest BCUT2D eigenvalue weighted by Gasteiger charge is -2.18. The van der Waals surface area contributed by atoms with Crippen molar-refractivity contribution in [3.8, 4) is 22.6 Å². The Morgan fingerprint density at radius 3 is 2.12 bits per heavy atom. The number of phenolic OH excluding ortho intramolecular Hbond substituents is 1. The Morgan fingerprint density at radius 1 is 1.04 bits per heavy atom. The van der Waals surface area contributed by atoms with Crippen LogP contribution < -0.4 is 4.74 Å². The molecule has 1 N–H and O–H groups in total. The summed E-state index contributed by atoms with van der Waals surface area (Å²) in [7, 11) is 0. The highest BCUT2D eigenvalue weighted by Crippen LogP contribution is 2.40.